The van der Waals surface area contributed by atoms with E-state index in [9.17, 15) is 4.79 Å². The molecule has 0 fully saturated rings. The molecule has 1 N–H and O–H groups in total. The molecular formula is C22H17N3OS. The second kappa shape index (κ2) is 7.13. The van der Waals surface area contributed by atoms with Crippen molar-refractivity contribution in [2.45, 2.75) is 6.42 Å². The van der Waals surface area contributed by atoms with Crippen LogP contribution in [0.25, 0.3) is 27.8 Å². The number of H-pyrrole nitrogens is 1. The summed E-state index contributed by atoms with van der Waals surface area (Å²) in [5.41, 5.74) is 3.65. The summed E-state index contributed by atoms with van der Waals surface area (Å²) in [6, 6.07) is 21.2. The van der Waals surface area contributed by atoms with Gasteiger partial charge in [0.05, 0.1) is 11.1 Å². The van der Waals surface area contributed by atoms with Crippen LogP contribution in [0.15, 0.2) is 84.2 Å². The average molecular weight is 371 g/mol. The molecule has 2 aromatic carbocycles. The van der Waals surface area contributed by atoms with Crippen LogP contribution in [0, 0.1) is 4.77 Å². The van der Waals surface area contributed by atoms with Crippen molar-refractivity contribution in [1.82, 2.24) is 14.5 Å². The van der Waals surface area contributed by atoms with Crippen LogP contribution >= 0.6 is 12.2 Å². The van der Waals surface area contributed by atoms with Crippen LogP contribution in [-0.4, -0.2) is 14.5 Å². The molecule has 0 spiro atoms. The van der Waals surface area contributed by atoms with Crippen molar-refractivity contribution in [2.75, 3.05) is 0 Å². The fourth-order valence-electron chi connectivity index (χ4n) is 3.18. The van der Waals surface area contributed by atoms with Gasteiger partial charge in [0.15, 0.2) is 4.77 Å². The molecule has 4 aromatic rings. The van der Waals surface area contributed by atoms with Crippen molar-refractivity contribution in [2.24, 2.45) is 0 Å². The standard InChI is InChI=1S/C22H17N3OS/c1-2-9-16-14-18(15-10-5-3-6-11-15)19-20(23-16)24-22(27)25(21(19)26)17-12-7-4-8-13-17/h2-8,10-14H,1,9H2,(H,23,24,27). The van der Waals surface area contributed by atoms with Crippen molar-refractivity contribution >= 4 is 23.3 Å². The number of pyridine rings is 1. The summed E-state index contributed by atoms with van der Waals surface area (Å²) in [6.45, 7) is 3.79. The maximum absolute atomic E-state index is 13.4. The molecule has 2 aromatic heterocycles. The number of hydrogen-bond donors (Lipinski definition) is 1. The van der Waals surface area contributed by atoms with E-state index in [2.05, 4.69) is 16.5 Å². The lowest BCUT2D eigenvalue weighted by molar-refractivity contribution is 0.930. The second-order valence-corrected chi connectivity index (χ2v) is 6.54. The topological polar surface area (TPSA) is 50.7 Å². The Morgan fingerprint density at radius 1 is 1.07 bits per heavy atom. The quantitative estimate of drug-likeness (QED) is 0.413. The summed E-state index contributed by atoms with van der Waals surface area (Å²) in [5, 5.41) is 0.520. The van der Waals surface area contributed by atoms with Gasteiger partial charge < -0.3 is 4.98 Å². The second-order valence-electron chi connectivity index (χ2n) is 6.15. The van der Waals surface area contributed by atoms with Crippen LogP contribution in [0.4, 0.5) is 0 Å². The number of hydrogen-bond acceptors (Lipinski definition) is 3. The zero-order chi connectivity index (χ0) is 18.8. The van der Waals surface area contributed by atoms with E-state index >= 15 is 0 Å². The molecule has 4 rings (SSSR count). The number of para-hydroxylation sites is 1. The zero-order valence-corrected chi connectivity index (χ0v) is 15.4. The van der Waals surface area contributed by atoms with E-state index in [1.807, 2.05) is 66.7 Å². The molecule has 0 saturated heterocycles. The van der Waals surface area contributed by atoms with Gasteiger partial charge in [-0.05, 0) is 36.0 Å². The minimum absolute atomic E-state index is 0.184. The van der Waals surface area contributed by atoms with Crippen molar-refractivity contribution in [3.63, 3.8) is 0 Å². The number of aromatic amines is 1. The molecule has 0 aliphatic heterocycles. The third-order valence-electron chi connectivity index (χ3n) is 4.37. The third-order valence-corrected chi connectivity index (χ3v) is 4.66. The molecule has 132 valence electrons. The minimum atomic E-state index is -0.184. The Balaban J connectivity index is 2.13. The first kappa shape index (κ1) is 17.1. The summed E-state index contributed by atoms with van der Waals surface area (Å²) in [6.07, 6.45) is 2.40. The van der Waals surface area contributed by atoms with Gasteiger partial charge in [-0.3, -0.25) is 9.36 Å². The van der Waals surface area contributed by atoms with E-state index in [0.717, 1.165) is 22.5 Å². The van der Waals surface area contributed by atoms with Crippen LogP contribution < -0.4 is 5.56 Å². The Labute approximate surface area is 161 Å². The van der Waals surface area contributed by atoms with Gasteiger partial charge in [0, 0.05) is 17.7 Å². The molecule has 0 amide bonds. The average Bonchev–Trinajstić information content (AvgIpc) is 2.69. The summed E-state index contributed by atoms with van der Waals surface area (Å²) < 4.78 is 1.83. The monoisotopic (exact) mass is 371 g/mol. The van der Waals surface area contributed by atoms with Gasteiger partial charge in [-0.25, -0.2) is 4.98 Å². The fourth-order valence-corrected chi connectivity index (χ4v) is 3.46. The fraction of sp³-hybridized carbons (Fsp3) is 0.0455. The summed E-state index contributed by atoms with van der Waals surface area (Å²) >= 11 is 5.46. The SMILES string of the molecule is C=CCc1cc(-c2ccccc2)c2c(=O)n(-c3ccccc3)c(=S)[nH]c2n1. The number of aromatic nitrogens is 3. The van der Waals surface area contributed by atoms with Gasteiger partial charge in [-0.1, -0.05) is 54.6 Å². The van der Waals surface area contributed by atoms with Gasteiger partial charge in [0.25, 0.3) is 5.56 Å². The molecule has 5 heteroatoms. The van der Waals surface area contributed by atoms with E-state index in [4.69, 9.17) is 12.2 Å². The number of nitrogens with one attached hydrogen (secondary N) is 1. The van der Waals surface area contributed by atoms with Crippen LogP contribution in [-0.2, 0) is 6.42 Å². The molecule has 2 heterocycles. The lowest BCUT2D eigenvalue weighted by Gasteiger charge is -2.12. The maximum atomic E-state index is 13.4. The highest BCUT2D eigenvalue weighted by Crippen LogP contribution is 2.26. The largest absolute Gasteiger partial charge is 0.316 e. The van der Waals surface area contributed by atoms with E-state index < -0.39 is 0 Å². The van der Waals surface area contributed by atoms with Gasteiger partial charge in [-0.15, -0.1) is 6.58 Å². The molecular weight excluding hydrogens is 354 g/mol. The van der Waals surface area contributed by atoms with Crippen LogP contribution in [0.5, 0.6) is 0 Å². The van der Waals surface area contributed by atoms with Crippen molar-refractivity contribution in [3.05, 3.63) is 100 Å². The van der Waals surface area contributed by atoms with Crippen molar-refractivity contribution in [3.8, 4) is 16.8 Å². The van der Waals surface area contributed by atoms with E-state index in [1.165, 1.54) is 4.57 Å². The van der Waals surface area contributed by atoms with E-state index in [-0.39, 0.29) is 5.56 Å². The number of fused-ring (bicyclic) bond motifs is 1. The summed E-state index contributed by atoms with van der Waals surface area (Å²) in [4.78, 5) is 21.2. The Bertz CT molecular complexity index is 1240. The predicted molar refractivity (Wildman–Crippen MR) is 112 cm³/mol. The van der Waals surface area contributed by atoms with Gasteiger partial charge in [0.2, 0.25) is 0 Å². The molecule has 0 radical (unpaired) electrons. The number of rotatable bonds is 4. The maximum Gasteiger partial charge on any atom is 0.269 e. The van der Waals surface area contributed by atoms with E-state index in [0.29, 0.717) is 22.2 Å². The molecule has 0 bridgehead atoms. The first-order valence-electron chi connectivity index (χ1n) is 8.60. The highest BCUT2D eigenvalue weighted by Gasteiger charge is 2.15. The van der Waals surface area contributed by atoms with Crippen LogP contribution in [0.2, 0.25) is 0 Å². The van der Waals surface area contributed by atoms with Crippen LogP contribution in [0.3, 0.4) is 0 Å². The van der Waals surface area contributed by atoms with Gasteiger partial charge in [-0.2, -0.15) is 0 Å². The first-order chi connectivity index (χ1) is 13.2. The summed E-state index contributed by atoms with van der Waals surface area (Å²) in [7, 11) is 0. The van der Waals surface area contributed by atoms with Crippen molar-refractivity contribution < 1.29 is 0 Å². The van der Waals surface area contributed by atoms with Gasteiger partial charge >= 0.3 is 0 Å². The lowest BCUT2D eigenvalue weighted by atomic mass is 10.0. The molecule has 27 heavy (non-hydrogen) atoms. The zero-order valence-electron chi connectivity index (χ0n) is 14.6. The predicted octanol–water partition coefficient (Wildman–Crippen LogP) is 4.84. The highest BCUT2D eigenvalue weighted by molar-refractivity contribution is 7.71. The molecule has 0 aliphatic rings. The Kier molecular flexibility index (Phi) is 4.52. The Hall–Kier alpha value is -3.31. The number of benzene rings is 2. The van der Waals surface area contributed by atoms with Gasteiger partial charge in [0.1, 0.15) is 5.65 Å². The molecule has 0 saturated carbocycles. The first-order valence-corrected chi connectivity index (χ1v) is 9.00. The number of allylic oxidation sites excluding steroid dienone is 1. The molecule has 0 atom stereocenters. The minimum Gasteiger partial charge on any atom is -0.316 e. The smallest absolute Gasteiger partial charge is 0.269 e. The third kappa shape index (κ3) is 3.13. The van der Waals surface area contributed by atoms with Crippen molar-refractivity contribution in [1.29, 1.82) is 0 Å². The van der Waals surface area contributed by atoms with E-state index in [1.54, 1.807) is 6.08 Å². The summed E-state index contributed by atoms with van der Waals surface area (Å²) in [5.74, 6) is 0. The molecule has 0 aliphatic carbocycles. The molecule has 4 nitrogen and oxygen atoms in total. The normalized spacial score (nSPS) is 10.8. The molecule has 0 unspecified atom stereocenters. The lowest BCUT2D eigenvalue weighted by Crippen LogP contribution is -2.21. The Morgan fingerprint density at radius 2 is 1.74 bits per heavy atom. The Morgan fingerprint density at radius 3 is 2.41 bits per heavy atom. The van der Waals surface area contributed by atoms with Crippen LogP contribution in [0.1, 0.15) is 5.69 Å². The number of nitrogens with zero attached hydrogens (tertiary/aromatic N) is 2. The highest BCUT2D eigenvalue weighted by atomic mass is 32.1.